The molecule has 2 unspecified atom stereocenters. The van der Waals surface area contributed by atoms with E-state index in [0.717, 1.165) is 19.5 Å². The molecular formula is C14H23N3O4S2. The summed E-state index contributed by atoms with van der Waals surface area (Å²) in [6.45, 7) is 3.37. The third kappa shape index (κ3) is 5.54. The second kappa shape index (κ2) is 7.71. The Hall–Kier alpha value is -1.00. The number of sulfonamides is 2. The Morgan fingerprint density at radius 1 is 1.17 bits per heavy atom. The van der Waals surface area contributed by atoms with E-state index in [1.54, 1.807) is 18.2 Å². The van der Waals surface area contributed by atoms with Crippen molar-refractivity contribution in [3.8, 4) is 0 Å². The molecule has 1 aliphatic rings. The summed E-state index contributed by atoms with van der Waals surface area (Å²) in [5.41, 5.74) is 0. The Bertz CT molecular complexity index is 705. The fourth-order valence-corrected chi connectivity index (χ4v) is 4.95. The van der Waals surface area contributed by atoms with Gasteiger partial charge in [-0.1, -0.05) is 25.1 Å². The molecule has 2 rings (SSSR count). The third-order valence-corrected chi connectivity index (χ3v) is 6.71. The summed E-state index contributed by atoms with van der Waals surface area (Å²) in [5.74, 6) is -0.0741. The van der Waals surface area contributed by atoms with E-state index in [9.17, 15) is 16.8 Å². The van der Waals surface area contributed by atoms with E-state index < -0.39 is 20.0 Å². The first-order valence-electron chi connectivity index (χ1n) is 7.55. The predicted molar refractivity (Wildman–Crippen MR) is 89.0 cm³/mol. The maximum absolute atomic E-state index is 12.1. The summed E-state index contributed by atoms with van der Waals surface area (Å²) >= 11 is 0. The molecule has 1 saturated heterocycles. The second-order valence-corrected chi connectivity index (χ2v) is 9.36. The summed E-state index contributed by atoms with van der Waals surface area (Å²) in [6.07, 6.45) is 0.732. The monoisotopic (exact) mass is 361 g/mol. The van der Waals surface area contributed by atoms with E-state index in [1.807, 2.05) is 6.92 Å². The molecular weight excluding hydrogens is 338 g/mol. The van der Waals surface area contributed by atoms with Gasteiger partial charge in [0.2, 0.25) is 20.0 Å². The van der Waals surface area contributed by atoms with Gasteiger partial charge in [0.25, 0.3) is 0 Å². The molecule has 130 valence electrons. The molecule has 1 aromatic rings. The summed E-state index contributed by atoms with van der Waals surface area (Å²) in [4.78, 5) is 0.123. The zero-order valence-electron chi connectivity index (χ0n) is 13.0. The summed E-state index contributed by atoms with van der Waals surface area (Å²) in [6, 6.07) is 7.77. The standard InChI is InChI=1S/C14H23N3O4S2/c1-12-11-15-8-7-14(12)17-22(18,19)10-9-16-23(20,21)13-5-3-2-4-6-13/h2-6,12,14-17H,7-11H2,1H3. The minimum absolute atomic E-state index is 0.105. The van der Waals surface area contributed by atoms with Gasteiger partial charge >= 0.3 is 0 Å². The zero-order chi connectivity index (χ0) is 16.9. The van der Waals surface area contributed by atoms with Gasteiger partial charge in [0.1, 0.15) is 0 Å². The molecule has 9 heteroatoms. The molecule has 1 heterocycles. The topological polar surface area (TPSA) is 104 Å². The van der Waals surface area contributed by atoms with Crippen molar-refractivity contribution >= 4 is 20.0 Å². The first-order valence-corrected chi connectivity index (χ1v) is 10.7. The van der Waals surface area contributed by atoms with Gasteiger partial charge in [0, 0.05) is 12.6 Å². The molecule has 0 saturated carbocycles. The Kier molecular flexibility index (Phi) is 6.15. The summed E-state index contributed by atoms with van der Waals surface area (Å²) in [7, 11) is -7.20. The van der Waals surface area contributed by atoms with Gasteiger partial charge in [-0.15, -0.1) is 0 Å². The largest absolute Gasteiger partial charge is 0.316 e. The van der Waals surface area contributed by atoms with Crippen LogP contribution in [0.4, 0.5) is 0 Å². The fraction of sp³-hybridized carbons (Fsp3) is 0.571. The van der Waals surface area contributed by atoms with Crippen LogP contribution in [-0.4, -0.2) is 48.3 Å². The van der Waals surface area contributed by atoms with Gasteiger partial charge in [-0.25, -0.2) is 26.3 Å². The smallest absolute Gasteiger partial charge is 0.240 e. The number of hydrogen-bond acceptors (Lipinski definition) is 5. The van der Waals surface area contributed by atoms with E-state index >= 15 is 0 Å². The van der Waals surface area contributed by atoms with Crippen LogP contribution >= 0.6 is 0 Å². The van der Waals surface area contributed by atoms with Crippen LogP contribution in [0, 0.1) is 5.92 Å². The normalized spacial score (nSPS) is 22.8. The van der Waals surface area contributed by atoms with Gasteiger partial charge in [-0.2, -0.15) is 0 Å². The first kappa shape index (κ1) is 18.3. The molecule has 0 aliphatic carbocycles. The van der Waals surface area contributed by atoms with Crippen molar-refractivity contribution in [2.24, 2.45) is 5.92 Å². The molecule has 1 aliphatic heterocycles. The number of nitrogens with one attached hydrogen (secondary N) is 3. The van der Waals surface area contributed by atoms with Crippen molar-refractivity contribution in [1.29, 1.82) is 0 Å². The molecule has 0 radical (unpaired) electrons. The number of benzene rings is 1. The van der Waals surface area contributed by atoms with Gasteiger partial charge in [0.05, 0.1) is 10.6 Å². The van der Waals surface area contributed by atoms with Crippen LogP contribution in [0.2, 0.25) is 0 Å². The highest BCUT2D eigenvalue weighted by atomic mass is 32.2. The van der Waals surface area contributed by atoms with Gasteiger partial charge in [0.15, 0.2) is 0 Å². The predicted octanol–water partition coefficient (Wildman–Crippen LogP) is -0.118. The van der Waals surface area contributed by atoms with Crippen molar-refractivity contribution in [2.45, 2.75) is 24.3 Å². The van der Waals surface area contributed by atoms with Crippen molar-refractivity contribution in [3.63, 3.8) is 0 Å². The minimum atomic E-state index is -3.68. The van der Waals surface area contributed by atoms with Crippen molar-refractivity contribution in [2.75, 3.05) is 25.4 Å². The Balaban J connectivity index is 1.87. The highest BCUT2D eigenvalue weighted by Gasteiger charge is 2.25. The number of piperidine rings is 1. The van der Waals surface area contributed by atoms with Crippen molar-refractivity contribution in [3.05, 3.63) is 30.3 Å². The van der Waals surface area contributed by atoms with E-state index in [1.165, 1.54) is 12.1 Å². The average molecular weight is 361 g/mol. The van der Waals surface area contributed by atoms with Crippen molar-refractivity contribution in [1.82, 2.24) is 14.8 Å². The quantitative estimate of drug-likeness (QED) is 0.628. The SMILES string of the molecule is CC1CNCCC1NS(=O)(=O)CCNS(=O)(=O)c1ccccc1. The molecule has 0 bridgehead atoms. The molecule has 1 fully saturated rings. The molecule has 23 heavy (non-hydrogen) atoms. The lowest BCUT2D eigenvalue weighted by Gasteiger charge is -2.29. The van der Waals surface area contributed by atoms with Crippen LogP contribution in [0.3, 0.4) is 0 Å². The Morgan fingerprint density at radius 3 is 2.52 bits per heavy atom. The molecule has 1 aromatic carbocycles. The Morgan fingerprint density at radius 2 is 1.87 bits per heavy atom. The number of rotatable bonds is 7. The van der Waals surface area contributed by atoms with Crippen LogP contribution in [0.25, 0.3) is 0 Å². The maximum Gasteiger partial charge on any atom is 0.240 e. The van der Waals surface area contributed by atoms with Crippen LogP contribution in [0.15, 0.2) is 35.2 Å². The number of hydrogen-bond donors (Lipinski definition) is 3. The molecule has 0 aromatic heterocycles. The highest BCUT2D eigenvalue weighted by molar-refractivity contribution is 7.90. The highest BCUT2D eigenvalue weighted by Crippen LogP contribution is 2.11. The Labute approximate surface area is 138 Å². The van der Waals surface area contributed by atoms with Crippen LogP contribution in [-0.2, 0) is 20.0 Å². The van der Waals surface area contributed by atoms with Crippen LogP contribution in [0.1, 0.15) is 13.3 Å². The lowest BCUT2D eigenvalue weighted by Crippen LogP contribution is -2.49. The average Bonchev–Trinajstić information content (AvgIpc) is 2.50. The molecule has 3 N–H and O–H groups in total. The van der Waals surface area contributed by atoms with Crippen LogP contribution in [0.5, 0.6) is 0 Å². The second-order valence-electron chi connectivity index (χ2n) is 5.72. The van der Waals surface area contributed by atoms with E-state index in [-0.39, 0.29) is 29.2 Å². The minimum Gasteiger partial charge on any atom is -0.316 e. The summed E-state index contributed by atoms with van der Waals surface area (Å²) in [5, 5.41) is 3.21. The molecule has 0 spiro atoms. The van der Waals surface area contributed by atoms with Crippen LogP contribution < -0.4 is 14.8 Å². The molecule has 2 atom stereocenters. The fourth-order valence-electron chi connectivity index (χ4n) is 2.47. The lowest BCUT2D eigenvalue weighted by molar-refractivity contribution is 0.328. The van der Waals surface area contributed by atoms with E-state index in [0.29, 0.717) is 0 Å². The first-order chi connectivity index (χ1) is 10.8. The zero-order valence-corrected chi connectivity index (χ0v) is 14.7. The van der Waals surface area contributed by atoms with Gasteiger partial charge < -0.3 is 5.32 Å². The molecule has 7 nitrogen and oxygen atoms in total. The summed E-state index contributed by atoms with van der Waals surface area (Å²) < 4.78 is 53.2. The lowest BCUT2D eigenvalue weighted by atomic mass is 9.97. The van der Waals surface area contributed by atoms with Gasteiger partial charge in [-0.3, -0.25) is 0 Å². The van der Waals surface area contributed by atoms with Crippen molar-refractivity contribution < 1.29 is 16.8 Å². The maximum atomic E-state index is 12.1. The van der Waals surface area contributed by atoms with E-state index in [4.69, 9.17) is 0 Å². The third-order valence-electron chi connectivity index (χ3n) is 3.83. The van der Waals surface area contributed by atoms with Gasteiger partial charge in [-0.05, 0) is 37.6 Å². The van der Waals surface area contributed by atoms with E-state index in [2.05, 4.69) is 14.8 Å². The molecule has 0 amide bonds.